The number of nitrogens with one attached hydrogen (secondary N) is 2. The van der Waals surface area contributed by atoms with Crippen molar-refractivity contribution in [3.63, 3.8) is 0 Å². The summed E-state index contributed by atoms with van der Waals surface area (Å²) in [5.74, 6) is -0.349. The van der Waals surface area contributed by atoms with Crippen LogP contribution in [0.3, 0.4) is 0 Å². The van der Waals surface area contributed by atoms with Gasteiger partial charge in [-0.1, -0.05) is 12.1 Å². The zero-order valence-electron chi connectivity index (χ0n) is 11.8. The molecule has 0 aliphatic rings. The van der Waals surface area contributed by atoms with Crippen molar-refractivity contribution in [2.75, 3.05) is 24.3 Å². The number of nitrogens with zero attached hydrogens (tertiary/aromatic N) is 2. The maximum Gasteiger partial charge on any atom is 0.328 e. The molecule has 2 N–H and O–H groups in total. The van der Waals surface area contributed by atoms with Gasteiger partial charge in [-0.2, -0.15) is 0 Å². The van der Waals surface area contributed by atoms with Crippen molar-refractivity contribution in [3.8, 4) is 0 Å². The lowest BCUT2D eigenvalue weighted by molar-refractivity contribution is -0.116. The number of hydrogen-bond donors (Lipinski definition) is 2. The molecule has 0 unspecified atom stereocenters. The third-order valence-corrected chi connectivity index (χ3v) is 2.87. The second-order valence-electron chi connectivity index (χ2n) is 4.70. The number of carbonyl (C=O) groups is 1. The Morgan fingerprint density at radius 2 is 1.95 bits per heavy atom. The third-order valence-electron chi connectivity index (χ3n) is 2.87. The van der Waals surface area contributed by atoms with Gasteiger partial charge >= 0.3 is 5.69 Å². The van der Waals surface area contributed by atoms with Crippen molar-refractivity contribution in [2.45, 2.75) is 6.54 Å². The van der Waals surface area contributed by atoms with Crippen LogP contribution in [0.25, 0.3) is 0 Å². The van der Waals surface area contributed by atoms with Crippen LogP contribution in [0.1, 0.15) is 0 Å². The lowest BCUT2D eigenvalue weighted by Crippen LogP contribution is -2.32. The summed E-state index contributed by atoms with van der Waals surface area (Å²) in [6.07, 6.45) is 1.29. The molecule has 7 heteroatoms. The highest BCUT2D eigenvalue weighted by Crippen LogP contribution is 2.23. The normalized spacial score (nSPS) is 10.2. The fourth-order valence-corrected chi connectivity index (χ4v) is 1.88. The summed E-state index contributed by atoms with van der Waals surface area (Å²) in [5.41, 5.74) is 0.415. The molecular formula is C14H16N4O3. The molecule has 0 bridgehead atoms. The summed E-state index contributed by atoms with van der Waals surface area (Å²) in [4.78, 5) is 38.5. The molecule has 0 fully saturated rings. The van der Waals surface area contributed by atoms with Crippen molar-refractivity contribution in [3.05, 3.63) is 57.4 Å². The van der Waals surface area contributed by atoms with E-state index in [2.05, 4.69) is 10.3 Å². The van der Waals surface area contributed by atoms with E-state index < -0.39 is 11.2 Å². The van der Waals surface area contributed by atoms with E-state index in [1.807, 2.05) is 37.2 Å². The number of hydrogen-bond acceptors (Lipinski definition) is 4. The minimum Gasteiger partial charge on any atom is -0.376 e. The van der Waals surface area contributed by atoms with Crippen LogP contribution in [-0.4, -0.2) is 29.6 Å². The van der Waals surface area contributed by atoms with Gasteiger partial charge in [0.25, 0.3) is 5.56 Å². The zero-order chi connectivity index (χ0) is 15.4. The lowest BCUT2D eigenvalue weighted by atomic mass is 10.2. The Morgan fingerprint density at radius 1 is 1.24 bits per heavy atom. The van der Waals surface area contributed by atoms with Gasteiger partial charge in [-0.05, 0) is 12.1 Å². The van der Waals surface area contributed by atoms with E-state index in [-0.39, 0.29) is 12.5 Å². The Bertz CT molecular complexity index is 761. The van der Waals surface area contributed by atoms with Gasteiger partial charge in [-0.3, -0.25) is 19.1 Å². The summed E-state index contributed by atoms with van der Waals surface area (Å²) in [7, 11) is 3.74. The molecule has 2 rings (SSSR count). The van der Waals surface area contributed by atoms with Gasteiger partial charge in [0.05, 0.1) is 11.4 Å². The van der Waals surface area contributed by atoms with Crippen molar-refractivity contribution in [1.82, 2.24) is 9.55 Å². The Labute approximate surface area is 120 Å². The minimum absolute atomic E-state index is 0.169. The predicted molar refractivity (Wildman–Crippen MR) is 80.7 cm³/mol. The van der Waals surface area contributed by atoms with Crippen molar-refractivity contribution in [1.29, 1.82) is 0 Å². The number of para-hydroxylation sites is 2. The van der Waals surface area contributed by atoms with Crippen molar-refractivity contribution >= 4 is 17.3 Å². The Hall–Kier alpha value is -2.83. The van der Waals surface area contributed by atoms with Crippen LogP contribution in [0.15, 0.2) is 46.1 Å². The van der Waals surface area contributed by atoms with E-state index in [0.29, 0.717) is 5.69 Å². The number of aromatic amines is 1. The first-order valence-corrected chi connectivity index (χ1v) is 6.33. The molecule has 0 saturated carbocycles. The second-order valence-corrected chi connectivity index (χ2v) is 4.70. The first-order chi connectivity index (χ1) is 9.97. The zero-order valence-corrected chi connectivity index (χ0v) is 11.8. The summed E-state index contributed by atoms with van der Waals surface area (Å²) >= 11 is 0. The maximum absolute atomic E-state index is 12.0. The molecular weight excluding hydrogens is 272 g/mol. The van der Waals surface area contributed by atoms with E-state index >= 15 is 0 Å². The molecule has 1 heterocycles. The fourth-order valence-electron chi connectivity index (χ4n) is 1.88. The highest BCUT2D eigenvalue weighted by Gasteiger charge is 2.09. The number of amides is 1. The average Bonchev–Trinajstić information content (AvgIpc) is 2.42. The second kappa shape index (κ2) is 6.08. The van der Waals surface area contributed by atoms with Crippen LogP contribution in [0.4, 0.5) is 11.4 Å². The molecule has 7 nitrogen and oxygen atoms in total. The van der Waals surface area contributed by atoms with E-state index in [1.165, 1.54) is 12.3 Å². The van der Waals surface area contributed by atoms with Crippen molar-refractivity contribution < 1.29 is 4.79 Å². The SMILES string of the molecule is CN(C)c1ccccc1NC(=O)Cn1ccc(=O)[nH]c1=O. The molecule has 1 aromatic carbocycles. The lowest BCUT2D eigenvalue weighted by Gasteiger charge is -2.17. The van der Waals surface area contributed by atoms with E-state index in [4.69, 9.17) is 0 Å². The van der Waals surface area contributed by atoms with E-state index in [9.17, 15) is 14.4 Å². The van der Waals surface area contributed by atoms with Crippen LogP contribution in [0, 0.1) is 0 Å². The molecule has 0 radical (unpaired) electrons. The highest BCUT2D eigenvalue weighted by molar-refractivity contribution is 5.94. The smallest absolute Gasteiger partial charge is 0.328 e. The largest absolute Gasteiger partial charge is 0.376 e. The maximum atomic E-state index is 12.0. The van der Waals surface area contributed by atoms with Crippen LogP contribution in [0.5, 0.6) is 0 Å². The van der Waals surface area contributed by atoms with Gasteiger partial charge in [-0.15, -0.1) is 0 Å². The molecule has 21 heavy (non-hydrogen) atoms. The van der Waals surface area contributed by atoms with Crippen molar-refractivity contribution in [2.24, 2.45) is 0 Å². The van der Waals surface area contributed by atoms with Gasteiger partial charge in [0, 0.05) is 26.4 Å². The van der Waals surface area contributed by atoms with Gasteiger partial charge in [0.1, 0.15) is 6.54 Å². The molecule has 2 aromatic rings. The highest BCUT2D eigenvalue weighted by atomic mass is 16.2. The number of H-pyrrole nitrogens is 1. The molecule has 0 atom stereocenters. The monoisotopic (exact) mass is 288 g/mol. The standard InChI is InChI=1S/C14H16N4O3/c1-17(2)11-6-4-3-5-10(11)15-13(20)9-18-8-7-12(19)16-14(18)21/h3-8H,9H2,1-2H3,(H,15,20)(H,16,19,21). The Kier molecular flexibility index (Phi) is 4.22. The topological polar surface area (TPSA) is 87.2 Å². The predicted octanol–water partition coefficient (Wildman–Crippen LogP) is 0.241. The minimum atomic E-state index is -0.612. The first-order valence-electron chi connectivity index (χ1n) is 6.33. The summed E-state index contributed by atoms with van der Waals surface area (Å²) in [6, 6.07) is 8.54. The van der Waals surface area contributed by atoms with E-state index in [1.54, 1.807) is 6.07 Å². The number of carbonyl (C=O) groups excluding carboxylic acids is 1. The quantitative estimate of drug-likeness (QED) is 0.844. The molecule has 0 spiro atoms. The summed E-state index contributed by atoms with van der Waals surface area (Å²) in [6.45, 7) is -0.169. The number of anilines is 2. The number of benzene rings is 1. The molecule has 1 aromatic heterocycles. The van der Waals surface area contributed by atoms with Crippen LogP contribution in [-0.2, 0) is 11.3 Å². The van der Waals surface area contributed by atoms with Gasteiger partial charge in [0.15, 0.2) is 0 Å². The third kappa shape index (κ3) is 3.59. The molecule has 110 valence electrons. The molecule has 1 amide bonds. The Morgan fingerprint density at radius 3 is 2.62 bits per heavy atom. The fraction of sp³-hybridized carbons (Fsp3) is 0.214. The molecule has 0 saturated heterocycles. The summed E-state index contributed by atoms with van der Waals surface area (Å²) in [5, 5.41) is 2.75. The Balaban J connectivity index is 2.16. The number of aromatic nitrogens is 2. The van der Waals surface area contributed by atoms with E-state index in [0.717, 1.165) is 10.3 Å². The van der Waals surface area contributed by atoms with Crippen LogP contribution < -0.4 is 21.5 Å². The average molecular weight is 288 g/mol. The van der Waals surface area contributed by atoms with Crippen LogP contribution >= 0.6 is 0 Å². The number of rotatable bonds is 4. The first kappa shape index (κ1) is 14.6. The summed E-state index contributed by atoms with van der Waals surface area (Å²) < 4.78 is 1.13. The van der Waals surface area contributed by atoms with Gasteiger partial charge in [-0.25, -0.2) is 4.79 Å². The van der Waals surface area contributed by atoms with Gasteiger partial charge in [0.2, 0.25) is 5.91 Å². The molecule has 0 aliphatic heterocycles. The van der Waals surface area contributed by atoms with Crippen LogP contribution in [0.2, 0.25) is 0 Å². The molecule has 0 aliphatic carbocycles. The van der Waals surface area contributed by atoms with Gasteiger partial charge < -0.3 is 10.2 Å².